The van der Waals surface area contributed by atoms with E-state index in [-0.39, 0.29) is 7.12 Å². The van der Waals surface area contributed by atoms with Crippen LogP contribution in [-0.2, 0) is 9.31 Å². The molecule has 0 unspecified atom stereocenters. The van der Waals surface area contributed by atoms with Crippen LogP contribution in [0, 0.1) is 0 Å². The van der Waals surface area contributed by atoms with E-state index < -0.39 is 0 Å². The molecule has 1 saturated heterocycles. The first-order chi connectivity index (χ1) is 7.95. The van der Waals surface area contributed by atoms with Gasteiger partial charge in [0.25, 0.3) is 0 Å². The molecule has 80 valence electrons. The first-order valence-corrected chi connectivity index (χ1v) is 5.66. The van der Waals surface area contributed by atoms with E-state index in [9.17, 15) is 0 Å². The summed E-state index contributed by atoms with van der Waals surface area (Å²) in [6.45, 7) is 1.57. The molecule has 0 bridgehead atoms. The van der Waals surface area contributed by atoms with Crippen molar-refractivity contribution in [1.29, 1.82) is 0 Å². The minimum Gasteiger partial charge on any atom is -0.407 e. The maximum Gasteiger partial charge on any atom is 0.494 e. The van der Waals surface area contributed by atoms with Crippen molar-refractivity contribution in [2.24, 2.45) is 0 Å². The highest BCUT2D eigenvalue weighted by Crippen LogP contribution is 2.13. The Balaban J connectivity index is 2.08. The highest BCUT2D eigenvalue weighted by molar-refractivity contribution is 6.64. The standard InChI is InChI=1S/C13H13BO2/c1-2-7-12-11(5-1)6-3-8-13(12)14-15-9-4-10-16-14/h1-3,5-8H,4,9-10H2. The van der Waals surface area contributed by atoms with Crippen molar-refractivity contribution < 1.29 is 9.31 Å². The smallest absolute Gasteiger partial charge is 0.407 e. The van der Waals surface area contributed by atoms with E-state index in [0.717, 1.165) is 25.1 Å². The molecule has 2 nitrogen and oxygen atoms in total. The third-order valence-electron chi connectivity index (χ3n) is 2.90. The molecule has 2 aromatic carbocycles. The van der Waals surface area contributed by atoms with E-state index in [1.165, 1.54) is 10.8 Å². The molecule has 0 amide bonds. The molecule has 0 N–H and O–H groups in total. The maximum absolute atomic E-state index is 5.65. The fourth-order valence-electron chi connectivity index (χ4n) is 2.12. The molecule has 1 aliphatic rings. The molecule has 0 saturated carbocycles. The third kappa shape index (κ3) is 1.73. The SMILES string of the molecule is c1ccc2c(B3OCCCO3)cccc2c1. The van der Waals surface area contributed by atoms with E-state index >= 15 is 0 Å². The Hall–Kier alpha value is -1.32. The Morgan fingerprint density at radius 3 is 2.50 bits per heavy atom. The number of rotatable bonds is 1. The van der Waals surface area contributed by atoms with Crippen molar-refractivity contribution >= 4 is 23.4 Å². The Kier molecular flexibility index (Phi) is 2.64. The van der Waals surface area contributed by atoms with Crippen LogP contribution in [0.1, 0.15) is 6.42 Å². The lowest BCUT2D eigenvalue weighted by molar-refractivity contribution is 0.143. The molecular formula is C13H13BO2. The Morgan fingerprint density at radius 1 is 0.875 bits per heavy atom. The first-order valence-electron chi connectivity index (χ1n) is 5.66. The van der Waals surface area contributed by atoms with Crippen LogP contribution in [0.4, 0.5) is 0 Å². The largest absolute Gasteiger partial charge is 0.494 e. The van der Waals surface area contributed by atoms with Crippen molar-refractivity contribution in [3.8, 4) is 0 Å². The van der Waals surface area contributed by atoms with E-state index in [1.807, 2.05) is 0 Å². The van der Waals surface area contributed by atoms with Crippen LogP contribution in [0.5, 0.6) is 0 Å². The molecule has 16 heavy (non-hydrogen) atoms. The summed E-state index contributed by atoms with van der Waals surface area (Å²) in [7, 11) is -0.195. The lowest BCUT2D eigenvalue weighted by Gasteiger charge is -2.20. The quantitative estimate of drug-likeness (QED) is 0.673. The molecule has 1 heterocycles. The molecule has 3 rings (SSSR count). The van der Waals surface area contributed by atoms with Gasteiger partial charge in [0.15, 0.2) is 0 Å². The van der Waals surface area contributed by atoms with Gasteiger partial charge in [0.1, 0.15) is 0 Å². The molecule has 1 aliphatic heterocycles. The fourth-order valence-corrected chi connectivity index (χ4v) is 2.12. The molecule has 0 aliphatic carbocycles. The van der Waals surface area contributed by atoms with Crippen molar-refractivity contribution in [1.82, 2.24) is 0 Å². The molecule has 2 aromatic rings. The van der Waals surface area contributed by atoms with Gasteiger partial charge < -0.3 is 9.31 Å². The van der Waals surface area contributed by atoms with Crippen molar-refractivity contribution in [2.45, 2.75) is 6.42 Å². The summed E-state index contributed by atoms with van der Waals surface area (Å²) in [5.41, 5.74) is 1.14. The summed E-state index contributed by atoms with van der Waals surface area (Å²) in [6.07, 6.45) is 0.987. The van der Waals surface area contributed by atoms with Gasteiger partial charge in [-0.1, -0.05) is 42.5 Å². The van der Waals surface area contributed by atoms with Crippen molar-refractivity contribution in [2.75, 3.05) is 13.2 Å². The van der Waals surface area contributed by atoms with Gasteiger partial charge in [-0.05, 0) is 22.7 Å². The summed E-state index contributed by atoms with van der Waals surface area (Å²) in [5.74, 6) is 0. The molecule has 3 heteroatoms. The summed E-state index contributed by atoms with van der Waals surface area (Å²) >= 11 is 0. The third-order valence-corrected chi connectivity index (χ3v) is 2.90. The number of benzene rings is 2. The van der Waals surface area contributed by atoms with E-state index in [2.05, 4.69) is 42.5 Å². The lowest BCUT2D eigenvalue weighted by Crippen LogP contribution is -2.41. The molecule has 0 aromatic heterocycles. The van der Waals surface area contributed by atoms with E-state index in [1.54, 1.807) is 0 Å². The van der Waals surface area contributed by atoms with Crippen LogP contribution in [0.3, 0.4) is 0 Å². The van der Waals surface area contributed by atoms with Gasteiger partial charge in [0, 0.05) is 13.2 Å². The first kappa shape index (κ1) is 9.88. The highest BCUT2D eigenvalue weighted by atomic mass is 16.6. The number of hydrogen-bond donors (Lipinski definition) is 0. The zero-order valence-corrected chi connectivity index (χ0v) is 9.06. The van der Waals surface area contributed by atoms with Crippen LogP contribution in [0.15, 0.2) is 42.5 Å². The van der Waals surface area contributed by atoms with Crippen LogP contribution < -0.4 is 5.46 Å². The predicted molar refractivity (Wildman–Crippen MR) is 65.9 cm³/mol. The topological polar surface area (TPSA) is 18.5 Å². The fraction of sp³-hybridized carbons (Fsp3) is 0.231. The van der Waals surface area contributed by atoms with Crippen molar-refractivity contribution in [3.05, 3.63) is 42.5 Å². The van der Waals surface area contributed by atoms with Gasteiger partial charge in [0.05, 0.1) is 0 Å². The number of fused-ring (bicyclic) bond motifs is 1. The Labute approximate surface area is 95.3 Å². The summed E-state index contributed by atoms with van der Waals surface area (Å²) in [4.78, 5) is 0. The Morgan fingerprint density at radius 2 is 1.62 bits per heavy atom. The minimum atomic E-state index is -0.195. The van der Waals surface area contributed by atoms with E-state index in [0.29, 0.717) is 0 Å². The second-order valence-electron chi connectivity index (χ2n) is 4.00. The summed E-state index contributed by atoms with van der Waals surface area (Å²) < 4.78 is 11.3. The van der Waals surface area contributed by atoms with E-state index in [4.69, 9.17) is 9.31 Å². The van der Waals surface area contributed by atoms with Crippen LogP contribution in [0.2, 0.25) is 0 Å². The van der Waals surface area contributed by atoms with Crippen LogP contribution in [0.25, 0.3) is 10.8 Å². The molecule has 1 fully saturated rings. The van der Waals surface area contributed by atoms with Crippen molar-refractivity contribution in [3.63, 3.8) is 0 Å². The van der Waals surface area contributed by atoms with Crippen LogP contribution in [-0.4, -0.2) is 20.3 Å². The van der Waals surface area contributed by atoms with Gasteiger partial charge in [-0.15, -0.1) is 0 Å². The van der Waals surface area contributed by atoms with Gasteiger partial charge in [0.2, 0.25) is 0 Å². The second kappa shape index (κ2) is 4.28. The van der Waals surface area contributed by atoms with Gasteiger partial charge in [-0.2, -0.15) is 0 Å². The molecule has 0 atom stereocenters. The average Bonchev–Trinajstić information content (AvgIpc) is 2.39. The Bertz CT molecular complexity index is 487. The zero-order valence-electron chi connectivity index (χ0n) is 9.06. The minimum absolute atomic E-state index is 0.195. The molecule has 0 spiro atoms. The normalized spacial score (nSPS) is 16.6. The van der Waals surface area contributed by atoms with Gasteiger partial charge in [-0.3, -0.25) is 0 Å². The maximum atomic E-state index is 5.65. The van der Waals surface area contributed by atoms with Gasteiger partial charge in [-0.25, -0.2) is 0 Å². The average molecular weight is 212 g/mol. The highest BCUT2D eigenvalue weighted by Gasteiger charge is 2.25. The monoisotopic (exact) mass is 212 g/mol. The number of hydrogen-bond acceptors (Lipinski definition) is 2. The zero-order chi connectivity index (χ0) is 10.8. The molecule has 0 radical (unpaired) electrons. The molecular weight excluding hydrogens is 199 g/mol. The summed E-state index contributed by atoms with van der Waals surface area (Å²) in [5, 5.41) is 2.45. The van der Waals surface area contributed by atoms with Gasteiger partial charge >= 0.3 is 7.12 Å². The predicted octanol–water partition coefficient (Wildman–Crippen LogP) is 1.97. The second-order valence-corrected chi connectivity index (χ2v) is 4.00. The summed E-state index contributed by atoms with van der Waals surface area (Å²) in [6, 6.07) is 14.6. The van der Waals surface area contributed by atoms with Crippen LogP contribution >= 0.6 is 0 Å². The lowest BCUT2D eigenvalue weighted by atomic mass is 9.75.